The number of anilines is 1. The van der Waals surface area contributed by atoms with Crippen LogP contribution in [0.1, 0.15) is 31.4 Å². The van der Waals surface area contributed by atoms with Gasteiger partial charge >= 0.3 is 0 Å². The molecule has 0 aliphatic rings. The molecule has 1 aromatic rings. The zero-order valence-electron chi connectivity index (χ0n) is 11.2. The number of benzene rings is 1. The van der Waals surface area contributed by atoms with Crippen molar-refractivity contribution in [3.05, 3.63) is 35.4 Å². The predicted octanol–water partition coefficient (Wildman–Crippen LogP) is 3.89. The summed E-state index contributed by atoms with van der Waals surface area (Å²) in [6, 6.07) is 6.43. The first-order chi connectivity index (χ1) is 8.13. The Morgan fingerprint density at radius 3 is 2.59 bits per heavy atom. The highest BCUT2D eigenvalue weighted by Crippen LogP contribution is 2.23. The summed E-state index contributed by atoms with van der Waals surface area (Å²) in [5, 5.41) is 7.39. The van der Waals surface area contributed by atoms with Crippen LogP contribution in [0.2, 0.25) is 0 Å². The normalized spacial score (nSPS) is 11.4. The molecule has 0 aromatic heterocycles. The van der Waals surface area contributed by atoms with Gasteiger partial charge in [0.1, 0.15) is 0 Å². The second-order valence-electron chi connectivity index (χ2n) is 4.31. The molecule has 2 heteroatoms. The summed E-state index contributed by atoms with van der Waals surface area (Å²) in [5.74, 6) is 0. The zero-order valence-corrected chi connectivity index (χ0v) is 11.2. The van der Waals surface area contributed by atoms with Gasteiger partial charge in [-0.2, -0.15) is 0 Å². The molecule has 0 radical (unpaired) electrons. The van der Waals surface area contributed by atoms with Gasteiger partial charge < -0.3 is 10.3 Å². The summed E-state index contributed by atoms with van der Waals surface area (Å²) in [4.78, 5) is 2.26. The minimum absolute atomic E-state index is 0.979. The number of allylic oxidation sites excluding steroid dienone is 2. The van der Waals surface area contributed by atoms with E-state index in [0.717, 1.165) is 24.1 Å². The zero-order chi connectivity index (χ0) is 12.8. The van der Waals surface area contributed by atoms with Gasteiger partial charge in [-0.15, -0.1) is 0 Å². The van der Waals surface area contributed by atoms with Gasteiger partial charge in [-0.3, -0.25) is 0 Å². The van der Waals surface area contributed by atoms with Gasteiger partial charge in [0, 0.05) is 25.5 Å². The Morgan fingerprint density at radius 1 is 1.41 bits per heavy atom. The van der Waals surface area contributed by atoms with Crippen LogP contribution in [0.3, 0.4) is 0 Å². The quantitative estimate of drug-likeness (QED) is 0.763. The first-order valence-corrected chi connectivity index (χ1v) is 6.13. The van der Waals surface area contributed by atoms with E-state index in [2.05, 4.69) is 44.0 Å². The first-order valence-electron chi connectivity index (χ1n) is 6.13. The molecule has 17 heavy (non-hydrogen) atoms. The van der Waals surface area contributed by atoms with Crippen molar-refractivity contribution >= 4 is 17.5 Å². The van der Waals surface area contributed by atoms with Crippen molar-refractivity contribution in [2.45, 2.75) is 27.2 Å². The van der Waals surface area contributed by atoms with E-state index in [1.165, 1.54) is 17.5 Å². The lowest BCUT2D eigenvalue weighted by molar-refractivity contribution is 0.852. The maximum absolute atomic E-state index is 7.39. The molecule has 0 spiro atoms. The molecule has 0 aliphatic carbocycles. The maximum Gasteiger partial charge on any atom is 0.0366 e. The highest BCUT2D eigenvalue weighted by Gasteiger charge is 2.05. The Kier molecular flexibility index (Phi) is 4.95. The number of nitrogens with zero attached hydrogens (tertiary/aromatic N) is 1. The molecule has 0 amide bonds. The van der Waals surface area contributed by atoms with E-state index in [4.69, 9.17) is 5.41 Å². The van der Waals surface area contributed by atoms with E-state index in [0.29, 0.717) is 0 Å². The second kappa shape index (κ2) is 6.24. The Morgan fingerprint density at radius 2 is 2.12 bits per heavy atom. The highest BCUT2D eigenvalue weighted by molar-refractivity contribution is 6.08. The number of nitrogens with one attached hydrogen (secondary N) is 1. The van der Waals surface area contributed by atoms with Gasteiger partial charge in [0.25, 0.3) is 0 Å². The molecule has 0 fully saturated rings. The fourth-order valence-corrected chi connectivity index (χ4v) is 1.99. The van der Waals surface area contributed by atoms with E-state index >= 15 is 0 Å². The smallest absolute Gasteiger partial charge is 0.0366 e. The Labute approximate surface area is 104 Å². The molecule has 0 bridgehead atoms. The van der Waals surface area contributed by atoms with Crippen molar-refractivity contribution in [2.24, 2.45) is 0 Å². The molecular weight excluding hydrogens is 208 g/mol. The Balaban J connectivity index is 3.05. The lowest BCUT2D eigenvalue weighted by atomic mass is 10.0. The van der Waals surface area contributed by atoms with Crippen LogP contribution < -0.4 is 4.90 Å². The van der Waals surface area contributed by atoms with Gasteiger partial charge in [0.05, 0.1) is 0 Å². The molecule has 0 aliphatic heterocycles. The lowest BCUT2D eigenvalue weighted by Gasteiger charge is -2.20. The van der Waals surface area contributed by atoms with Crippen molar-refractivity contribution in [1.82, 2.24) is 0 Å². The van der Waals surface area contributed by atoms with Gasteiger partial charge in [-0.05, 0) is 49.1 Å². The van der Waals surface area contributed by atoms with Crippen LogP contribution >= 0.6 is 0 Å². The fourth-order valence-electron chi connectivity index (χ4n) is 1.99. The number of hydrogen-bond acceptors (Lipinski definition) is 2. The number of rotatable bonds is 5. The maximum atomic E-state index is 7.39. The van der Waals surface area contributed by atoms with Gasteiger partial charge in [-0.25, -0.2) is 0 Å². The summed E-state index contributed by atoms with van der Waals surface area (Å²) in [5.41, 5.74) is 4.60. The molecule has 0 heterocycles. The van der Waals surface area contributed by atoms with E-state index in [-0.39, 0.29) is 0 Å². The topological polar surface area (TPSA) is 27.1 Å². The van der Waals surface area contributed by atoms with Crippen molar-refractivity contribution in [3.63, 3.8) is 0 Å². The summed E-state index contributed by atoms with van der Waals surface area (Å²) in [6.07, 6.45) is 4.54. The lowest BCUT2D eigenvalue weighted by Crippen LogP contribution is -2.17. The molecule has 0 saturated heterocycles. The average molecular weight is 230 g/mol. The van der Waals surface area contributed by atoms with E-state index in [1.807, 2.05) is 13.0 Å². The third-order valence-corrected chi connectivity index (χ3v) is 2.99. The molecule has 92 valence electrons. The van der Waals surface area contributed by atoms with Crippen molar-refractivity contribution in [1.29, 1.82) is 5.41 Å². The summed E-state index contributed by atoms with van der Waals surface area (Å²) in [6.45, 7) is 7.33. The molecule has 1 aromatic carbocycles. The molecule has 1 N–H and O–H groups in total. The summed E-state index contributed by atoms with van der Waals surface area (Å²) < 4.78 is 0. The minimum Gasteiger partial charge on any atom is -0.375 e. The third-order valence-electron chi connectivity index (χ3n) is 2.99. The Hall–Kier alpha value is -1.57. The van der Waals surface area contributed by atoms with E-state index < -0.39 is 0 Å². The third kappa shape index (κ3) is 3.19. The standard InChI is InChI=1S/C15H22N2/c1-5-9-17(4)14-7-8-15(12(3)10-14)13(6-2)11-16/h6-8,10-11,16H,5,9H2,1-4H3/b13-6+,16-11?. The number of hydrogen-bond donors (Lipinski definition) is 1. The molecular formula is C15H22N2. The highest BCUT2D eigenvalue weighted by atomic mass is 15.1. The van der Waals surface area contributed by atoms with Crippen LogP contribution in [-0.2, 0) is 0 Å². The summed E-state index contributed by atoms with van der Waals surface area (Å²) >= 11 is 0. The van der Waals surface area contributed by atoms with Crippen LogP contribution in [0.4, 0.5) is 5.69 Å². The molecule has 1 rings (SSSR count). The van der Waals surface area contributed by atoms with Gasteiger partial charge in [-0.1, -0.05) is 19.1 Å². The van der Waals surface area contributed by atoms with Gasteiger partial charge in [0.15, 0.2) is 0 Å². The second-order valence-corrected chi connectivity index (χ2v) is 4.31. The first kappa shape index (κ1) is 13.5. The summed E-state index contributed by atoms with van der Waals surface area (Å²) in [7, 11) is 2.12. The van der Waals surface area contributed by atoms with Gasteiger partial charge in [0.2, 0.25) is 0 Å². The van der Waals surface area contributed by atoms with Crippen LogP contribution in [0.15, 0.2) is 24.3 Å². The van der Waals surface area contributed by atoms with Crippen molar-refractivity contribution in [3.8, 4) is 0 Å². The largest absolute Gasteiger partial charge is 0.375 e. The van der Waals surface area contributed by atoms with Crippen molar-refractivity contribution < 1.29 is 0 Å². The minimum atomic E-state index is 0.979. The average Bonchev–Trinajstić information content (AvgIpc) is 2.32. The molecule has 0 atom stereocenters. The monoisotopic (exact) mass is 230 g/mol. The number of aryl methyl sites for hydroxylation is 1. The Bertz CT molecular complexity index is 419. The fraction of sp³-hybridized carbons (Fsp3) is 0.400. The SMILES string of the molecule is C/C=C(\C=N)c1ccc(N(C)CCC)cc1C. The molecule has 2 nitrogen and oxygen atoms in total. The molecule has 0 unspecified atom stereocenters. The van der Waals surface area contributed by atoms with Crippen LogP contribution in [0, 0.1) is 12.3 Å². The predicted molar refractivity (Wildman–Crippen MR) is 77.2 cm³/mol. The van der Waals surface area contributed by atoms with E-state index in [9.17, 15) is 0 Å². The van der Waals surface area contributed by atoms with Crippen LogP contribution in [0.5, 0.6) is 0 Å². The van der Waals surface area contributed by atoms with Crippen LogP contribution in [-0.4, -0.2) is 19.8 Å². The van der Waals surface area contributed by atoms with Crippen LogP contribution in [0.25, 0.3) is 5.57 Å². The van der Waals surface area contributed by atoms with E-state index in [1.54, 1.807) is 0 Å². The molecule has 0 saturated carbocycles. The van der Waals surface area contributed by atoms with Crippen molar-refractivity contribution in [2.75, 3.05) is 18.5 Å².